The van der Waals surface area contributed by atoms with Gasteiger partial charge in [-0.25, -0.2) is 0 Å². The standard InChI is InChI=1S/C34H51N3/c1-6-7-8-9-10-11-12-13-14-15-16-17-18-19-20-21-22-24-31(2)37-28-26-34(30-37)36(5)32(3)33-25-23-27-35(4)29-33/h7-8,10-11,13-14,16-17,19-20,23,25,27,34H,2-3,6,9,12,15,18,21-22,24,26,28-30H2,1,4-5H3/b8-7-,11-10-,14-13-,17-16-,20-19-. The monoisotopic (exact) mass is 501 g/mol. The van der Waals surface area contributed by atoms with Crippen molar-refractivity contribution in [3.63, 3.8) is 0 Å². The Morgan fingerprint density at radius 1 is 0.946 bits per heavy atom. The van der Waals surface area contributed by atoms with Crippen LogP contribution in [0, 0.1) is 0 Å². The Hall–Kier alpha value is -2.94. The van der Waals surface area contributed by atoms with Crippen LogP contribution in [0.5, 0.6) is 0 Å². The van der Waals surface area contributed by atoms with Crippen LogP contribution in [0.3, 0.4) is 0 Å². The number of hydrogen-bond donors (Lipinski definition) is 0. The largest absolute Gasteiger partial charge is 0.376 e. The van der Waals surface area contributed by atoms with Gasteiger partial charge < -0.3 is 14.7 Å². The fraction of sp³-hybridized carbons (Fsp3) is 0.471. The van der Waals surface area contributed by atoms with Gasteiger partial charge in [0, 0.05) is 51.2 Å². The van der Waals surface area contributed by atoms with Gasteiger partial charge in [-0.05, 0) is 75.6 Å². The number of likely N-dealkylation sites (tertiary alicyclic amines) is 1. The van der Waals surface area contributed by atoms with Gasteiger partial charge >= 0.3 is 0 Å². The maximum atomic E-state index is 4.39. The summed E-state index contributed by atoms with van der Waals surface area (Å²) in [6.07, 6.45) is 38.7. The van der Waals surface area contributed by atoms with E-state index in [1.807, 2.05) is 0 Å². The van der Waals surface area contributed by atoms with E-state index >= 15 is 0 Å². The minimum atomic E-state index is 0.507. The predicted molar refractivity (Wildman–Crippen MR) is 164 cm³/mol. The SMILES string of the molecule is C=C(CCC/C=C\C/C=C\C/C=C\C/C=C\C/C=C\CC)N1CCC(N(C)C(=C)C2=CC=CN(C)C2)C1. The average molecular weight is 502 g/mol. The summed E-state index contributed by atoms with van der Waals surface area (Å²) in [4.78, 5) is 7.06. The Morgan fingerprint density at radius 3 is 2.14 bits per heavy atom. The van der Waals surface area contributed by atoms with Gasteiger partial charge in [-0.1, -0.05) is 86.9 Å². The summed E-state index contributed by atoms with van der Waals surface area (Å²) in [7, 11) is 4.30. The summed E-state index contributed by atoms with van der Waals surface area (Å²) >= 11 is 0. The van der Waals surface area contributed by atoms with E-state index < -0.39 is 0 Å². The van der Waals surface area contributed by atoms with E-state index in [4.69, 9.17) is 0 Å². The molecular weight excluding hydrogens is 450 g/mol. The van der Waals surface area contributed by atoms with Crippen molar-refractivity contribution in [3.05, 3.63) is 109 Å². The lowest BCUT2D eigenvalue weighted by Crippen LogP contribution is -2.35. The lowest BCUT2D eigenvalue weighted by Gasteiger charge is -2.32. The van der Waals surface area contributed by atoms with E-state index in [1.54, 1.807) is 0 Å². The van der Waals surface area contributed by atoms with Crippen LogP contribution in [0.25, 0.3) is 0 Å². The molecule has 202 valence electrons. The minimum Gasteiger partial charge on any atom is -0.376 e. The number of allylic oxidation sites excluding steroid dienone is 13. The zero-order chi connectivity index (χ0) is 26.7. The van der Waals surface area contributed by atoms with Crippen LogP contribution in [0.1, 0.15) is 64.7 Å². The van der Waals surface area contributed by atoms with E-state index in [1.165, 1.54) is 24.1 Å². The third-order valence-electron chi connectivity index (χ3n) is 7.01. The second-order valence-electron chi connectivity index (χ2n) is 10.1. The molecule has 0 bridgehead atoms. The van der Waals surface area contributed by atoms with Crippen LogP contribution in [0.4, 0.5) is 0 Å². The number of unbranched alkanes of at least 4 members (excludes halogenated alkanes) is 1. The van der Waals surface area contributed by atoms with Gasteiger partial charge in [0.15, 0.2) is 0 Å². The molecule has 0 aromatic heterocycles. The molecule has 2 rings (SSSR count). The van der Waals surface area contributed by atoms with Gasteiger partial charge in [0.05, 0.1) is 0 Å². The van der Waals surface area contributed by atoms with Crippen LogP contribution in [0.15, 0.2) is 109 Å². The van der Waals surface area contributed by atoms with E-state index in [0.29, 0.717) is 6.04 Å². The number of nitrogens with zero attached hydrogens (tertiary/aromatic N) is 3. The molecule has 2 aliphatic rings. The van der Waals surface area contributed by atoms with Crippen LogP contribution in [-0.4, -0.2) is 54.5 Å². The van der Waals surface area contributed by atoms with Crippen LogP contribution < -0.4 is 0 Å². The Morgan fingerprint density at radius 2 is 1.54 bits per heavy atom. The molecule has 1 saturated heterocycles. The fourth-order valence-corrected chi connectivity index (χ4v) is 4.61. The first-order valence-corrected chi connectivity index (χ1v) is 14.2. The highest BCUT2D eigenvalue weighted by atomic mass is 15.3. The average Bonchev–Trinajstić information content (AvgIpc) is 3.40. The molecule has 3 heteroatoms. The lowest BCUT2D eigenvalue weighted by molar-refractivity contribution is 0.297. The highest BCUT2D eigenvalue weighted by Crippen LogP contribution is 2.26. The Labute approximate surface area is 228 Å². The van der Waals surface area contributed by atoms with Crippen molar-refractivity contribution in [2.45, 2.75) is 70.8 Å². The summed E-state index contributed by atoms with van der Waals surface area (Å²) < 4.78 is 0. The molecule has 1 unspecified atom stereocenters. The van der Waals surface area contributed by atoms with Crippen molar-refractivity contribution >= 4 is 0 Å². The first-order valence-electron chi connectivity index (χ1n) is 14.2. The molecule has 0 aliphatic carbocycles. The highest BCUT2D eigenvalue weighted by molar-refractivity contribution is 5.34. The van der Waals surface area contributed by atoms with Crippen molar-refractivity contribution in [3.8, 4) is 0 Å². The second-order valence-corrected chi connectivity index (χ2v) is 10.1. The summed E-state index contributed by atoms with van der Waals surface area (Å²) in [6.45, 7) is 14.0. The molecule has 0 radical (unpaired) electrons. The number of rotatable bonds is 17. The first-order chi connectivity index (χ1) is 18.0. The van der Waals surface area contributed by atoms with Crippen LogP contribution in [-0.2, 0) is 0 Å². The van der Waals surface area contributed by atoms with Crippen molar-refractivity contribution < 1.29 is 0 Å². The molecule has 37 heavy (non-hydrogen) atoms. The zero-order valence-corrected chi connectivity index (χ0v) is 23.8. The number of likely N-dealkylation sites (N-methyl/N-ethyl adjacent to an activating group) is 2. The molecule has 0 saturated carbocycles. The fourth-order valence-electron chi connectivity index (χ4n) is 4.61. The summed E-state index contributed by atoms with van der Waals surface area (Å²) in [5.74, 6) is 0. The van der Waals surface area contributed by atoms with Crippen LogP contribution >= 0.6 is 0 Å². The molecule has 1 fully saturated rings. The van der Waals surface area contributed by atoms with E-state index in [2.05, 4.69) is 128 Å². The van der Waals surface area contributed by atoms with E-state index in [9.17, 15) is 0 Å². The smallest absolute Gasteiger partial charge is 0.0478 e. The Balaban J connectivity index is 1.53. The summed E-state index contributed by atoms with van der Waals surface area (Å²) in [5, 5.41) is 0. The molecule has 2 aliphatic heterocycles. The molecule has 0 amide bonds. The van der Waals surface area contributed by atoms with Crippen molar-refractivity contribution in [2.75, 3.05) is 33.7 Å². The molecule has 2 heterocycles. The van der Waals surface area contributed by atoms with E-state index in [-0.39, 0.29) is 0 Å². The molecule has 0 aromatic carbocycles. The Kier molecular flexibility index (Phi) is 15.0. The molecule has 0 aromatic rings. The third-order valence-corrected chi connectivity index (χ3v) is 7.01. The van der Waals surface area contributed by atoms with Gasteiger partial charge in [-0.3, -0.25) is 0 Å². The molecule has 0 spiro atoms. The van der Waals surface area contributed by atoms with Gasteiger partial charge in [-0.15, -0.1) is 0 Å². The van der Waals surface area contributed by atoms with Gasteiger partial charge in [-0.2, -0.15) is 0 Å². The topological polar surface area (TPSA) is 9.72 Å². The van der Waals surface area contributed by atoms with E-state index in [0.717, 1.165) is 70.3 Å². The first kappa shape index (κ1) is 30.3. The minimum absolute atomic E-state index is 0.507. The van der Waals surface area contributed by atoms with Crippen molar-refractivity contribution in [1.29, 1.82) is 0 Å². The van der Waals surface area contributed by atoms with Crippen molar-refractivity contribution in [1.82, 2.24) is 14.7 Å². The summed E-state index contributed by atoms with van der Waals surface area (Å²) in [5.41, 5.74) is 3.74. The van der Waals surface area contributed by atoms with Gasteiger partial charge in [0.2, 0.25) is 0 Å². The maximum absolute atomic E-state index is 4.39. The zero-order valence-electron chi connectivity index (χ0n) is 23.8. The van der Waals surface area contributed by atoms with Gasteiger partial charge in [0.25, 0.3) is 0 Å². The lowest BCUT2D eigenvalue weighted by atomic mass is 10.1. The molecule has 3 nitrogen and oxygen atoms in total. The normalized spacial score (nSPS) is 18.5. The molecular formula is C34H51N3. The maximum Gasteiger partial charge on any atom is 0.0478 e. The quantitative estimate of drug-likeness (QED) is 0.146. The number of hydrogen-bond acceptors (Lipinski definition) is 3. The third kappa shape index (κ3) is 12.2. The predicted octanol–water partition coefficient (Wildman–Crippen LogP) is 8.33. The van der Waals surface area contributed by atoms with Gasteiger partial charge in [0.1, 0.15) is 0 Å². The van der Waals surface area contributed by atoms with Crippen molar-refractivity contribution in [2.24, 2.45) is 0 Å². The Bertz CT molecular complexity index is 896. The molecule has 0 N–H and O–H groups in total. The second kappa shape index (κ2) is 18.3. The molecule has 1 atom stereocenters. The summed E-state index contributed by atoms with van der Waals surface area (Å²) in [6, 6.07) is 0.507. The van der Waals surface area contributed by atoms with Crippen LogP contribution in [0.2, 0.25) is 0 Å². The highest BCUT2D eigenvalue weighted by Gasteiger charge is 2.27.